The molecular weight excluding hydrogens is 234 g/mol. The van der Waals surface area contributed by atoms with Gasteiger partial charge in [0.05, 0.1) is 11.3 Å². The fourth-order valence-corrected chi connectivity index (χ4v) is 1.73. The van der Waals surface area contributed by atoms with Crippen LogP contribution >= 0.6 is 0 Å². The van der Waals surface area contributed by atoms with Crippen molar-refractivity contribution in [2.24, 2.45) is 5.92 Å². The highest BCUT2D eigenvalue weighted by Gasteiger charge is 2.17. The zero-order chi connectivity index (χ0) is 13.0. The number of hydrogen-bond acceptors (Lipinski definition) is 4. The zero-order valence-corrected chi connectivity index (χ0v) is 9.89. The largest absolute Gasteiger partial charge is 0.355 e. The van der Waals surface area contributed by atoms with Gasteiger partial charge in [0.2, 0.25) is 5.91 Å². The highest BCUT2D eigenvalue weighted by molar-refractivity contribution is 5.78. The average Bonchev–Trinajstić information content (AvgIpc) is 2.27. The van der Waals surface area contributed by atoms with Crippen molar-refractivity contribution < 1.29 is 9.72 Å². The molecule has 0 aliphatic carbocycles. The molecule has 0 aromatic heterocycles. The van der Waals surface area contributed by atoms with Crippen molar-refractivity contribution >= 4 is 11.6 Å². The first-order chi connectivity index (χ1) is 8.65. The minimum Gasteiger partial charge on any atom is -0.355 e. The molecule has 1 amide bonds. The van der Waals surface area contributed by atoms with Crippen LogP contribution < -0.4 is 10.6 Å². The standard InChI is InChI=1S/C12H15N3O3/c16-12(14-8-10-6-13-7-10)5-9-1-3-11(4-2-9)15(17)18/h1-4,10,13H,5-8H2,(H,14,16). The third-order valence-electron chi connectivity index (χ3n) is 2.97. The molecule has 6 heteroatoms. The van der Waals surface area contributed by atoms with E-state index in [4.69, 9.17) is 0 Å². The molecule has 0 saturated carbocycles. The molecule has 0 atom stereocenters. The van der Waals surface area contributed by atoms with E-state index >= 15 is 0 Å². The molecule has 1 heterocycles. The van der Waals surface area contributed by atoms with E-state index in [0.717, 1.165) is 18.7 Å². The summed E-state index contributed by atoms with van der Waals surface area (Å²) in [7, 11) is 0. The molecule has 18 heavy (non-hydrogen) atoms. The lowest BCUT2D eigenvalue weighted by Crippen LogP contribution is -2.48. The maximum Gasteiger partial charge on any atom is 0.269 e. The van der Waals surface area contributed by atoms with Crippen molar-refractivity contribution in [1.29, 1.82) is 0 Å². The number of amides is 1. The van der Waals surface area contributed by atoms with Crippen LogP contribution in [0.15, 0.2) is 24.3 Å². The molecule has 0 unspecified atom stereocenters. The van der Waals surface area contributed by atoms with E-state index in [1.807, 2.05) is 0 Å². The minimum absolute atomic E-state index is 0.0414. The molecule has 1 saturated heterocycles. The summed E-state index contributed by atoms with van der Waals surface area (Å²) in [6, 6.07) is 6.06. The monoisotopic (exact) mass is 249 g/mol. The second kappa shape index (κ2) is 5.59. The van der Waals surface area contributed by atoms with Crippen molar-refractivity contribution in [2.45, 2.75) is 6.42 Å². The van der Waals surface area contributed by atoms with Gasteiger partial charge in [0.15, 0.2) is 0 Å². The van der Waals surface area contributed by atoms with Gasteiger partial charge in [0.25, 0.3) is 5.69 Å². The first-order valence-electron chi connectivity index (χ1n) is 5.86. The second-order valence-corrected chi connectivity index (χ2v) is 4.43. The molecular formula is C12H15N3O3. The number of nitrogens with zero attached hydrogens (tertiary/aromatic N) is 1. The van der Waals surface area contributed by atoms with Gasteiger partial charge in [-0.3, -0.25) is 14.9 Å². The Hall–Kier alpha value is -1.95. The van der Waals surface area contributed by atoms with Crippen LogP contribution in [0.3, 0.4) is 0 Å². The Morgan fingerprint density at radius 2 is 2.06 bits per heavy atom. The Balaban J connectivity index is 1.80. The molecule has 2 N–H and O–H groups in total. The number of nitro benzene ring substituents is 1. The summed E-state index contributed by atoms with van der Waals surface area (Å²) in [5.41, 5.74) is 0.824. The highest BCUT2D eigenvalue weighted by atomic mass is 16.6. The summed E-state index contributed by atoms with van der Waals surface area (Å²) in [6.07, 6.45) is 0.262. The molecule has 1 aromatic carbocycles. The van der Waals surface area contributed by atoms with Crippen molar-refractivity contribution in [3.63, 3.8) is 0 Å². The molecule has 0 spiro atoms. The summed E-state index contributed by atoms with van der Waals surface area (Å²) in [5.74, 6) is 0.488. The predicted octanol–water partition coefficient (Wildman–Crippen LogP) is 0.473. The van der Waals surface area contributed by atoms with Crippen LogP contribution in [0.1, 0.15) is 5.56 Å². The van der Waals surface area contributed by atoms with Crippen LogP contribution in [0, 0.1) is 16.0 Å². The van der Waals surface area contributed by atoms with Gasteiger partial charge in [-0.2, -0.15) is 0 Å². The summed E-state index contributed by atoms with van der Waals surface area (Å²) in [4.78, 5) is 21.6. The van der Waals surface area contributed by atoms with Crippen molar-refractivity contribution in [3.8, 4) is 0 Å². The smallest absolute Gasteiger partial charge is 0.269 e. The summed E-state index contributed by atoms with van der Waals surface area (Å²) in [5, 5.41) is 16.5. The maximum absolute atomic E-state index is 11.6. The van der Waals surface area contributed by atoms with Gasteiger partial charge >= 0.3 is 0 Å². The lowest BCUT2D eigenvalue weighted by Gasteiger charge is -2.27. The molecule has 96 valence electrons. The van der Waals surface area contributed by atoms with E-state index < -0.39 is 4.92 Å². The van der Waals surface area contributed by atoms with Crippen LogP contribution in [0.2, 0.25) is 0 Å². The van der Waals surface area contributed by atoms with Gasteiger partial charge in [0.1, 0.15) is 0 Å². The molecule has 6 nitrogen and oxygen atoms in total. The summed E-state index contributed by atoms with van der Waals surface area (Å²) >= 11 is 0. The quantitative estimate of drug-likeness (QED) is 0.587. The van der Waals surface area contributed by atoms with Gasteiger partial charge in [0, 0.05) is 37.7 Å². The molecule has 1 aliphatic heterocycles. The first kappa shape index (κ1) is 12.5. The third kappa shape index (κ3) is 3.27. The lowest BCUT2D eigenvalue weighted by molar-refractivity contribution is -0.384. The fourth-order valence-electron chi connectivity index (χ4n) is 1.73. The van der Waals surface area contributed by atoms with Crippen molar-refractivity contribution in [3.05, 3.63) is 39.9 Å². The van der Waals surface area contributed by atoms with Crippen LogP contribution in [0.5, 0.6) is 0 Å². The molecule has 1 aromatic rings. The Bertz CT molecular complexity index is 440. The normalized spacial score (nSPS) is 14.9. The number of benzene rings is 1. The molecule has 0 radical (unpaired) electrons. The summed E-state index contributed by atoms with van der Waals surface area (Å²) < 4.78 is 0. The van der Waals surface area contributed by atoms with Crippen LogP contribution in [0.25, 0.3) is 0 Å². The number of nitrogens with one attached hydrogen (secondary N) is 2. The van der Waals surface area contributed by atoms with Crippen LogP contribution in [-0.4, -0.2) is 30.5 Å². The van der Waals surface area contributed by atoms with Gasteiger partial charge in [-0.25, -0.2) is 0 Å². The van der Waals surface area contributed by atoms with Gasteiger partial charge in [-0.05, 0) is 5.56 Å². The third-order valence-corrected chi connectivity index (χ3v) is 2.97. The van der Waals surface area contributed by atoms with E-state index in [2.05, 4.69) is 10.6 Å². The number of nitro groups is 1. The average molecular weight is 249 g/mol. The molecule has 2 rings (SSSR count). The molecule has 1 aliphatic rings. The fraction of sp³-hybridized carbons (Fsp3) is 0.417. The van der Waals surface area contributed by atoms with E-state index in [1.54, 1.807) is 12.1 Å². The van der Waals surface area contributed by atoms with Crippen LogP contribution in [-0.2, 0) is 11.2 Å². The SMILES string of the molecule is O=C(Cc1ccc([N+](=O)[O-])cc1)NCC1CNC1. The Morgan fingerprint density at radius 1 is 1.39 bits per heavy atom. The Morgan fingerprint density at radius 3 is 2.56 bits per heavy atom. The number of carbonyl (C=O) groups excluding carboxylic acids is 1. The van der Waals surface area contributed by atoms with E-state index in [1.165, 1.54) is 12.1 Å². The Kier molecular flexibility index (Phi) is 3.88. The van der Waals surface area contributed by atoms with Gasteiger partial charge in [-0.1, -0.05) is 12.1 Å². The minimum atomic E-state index is -0.451. The number of hydrogen-bond donors (Lipinski definition) is 2. The number of non-ortho nitro benzene ring substituents is 1. The van der Waals surface area contributed by atoms with E-state index in [-0.39, 0.29) is 18.0 Å². The first-order valence-corrected chi connectivity index (χ1v) is 5.86. The predicted molar refractivity (Wildman–Crippen MR) is 66.2 cm³/mol. The summed E-state index contributed by atoms with van der Waals surface area (Å²) in [6.45, 7) is 2.61. The van der Waals surface area contributed by atoms with Gasteiger partial charge in [-0.15, -0.1) is 0 Å². The topological polar surface area (TPSA) is 84.3 Å². The van der Waals surface area contributed by atoms with Crippen LogP contribution in [0.4, 0.5) is 5.69 Å². The van der Waals surface area contributed by atoms with E-state index in [9.17, 15) is 14.9 Å². The van der Waals surface area contributed by atoms with E-state index in [0.29, 0.717) is 12.5 Å². The molecule has 0 bridgehead atoms. The number of rotatable bonds is 5. The van der Waals surface area contributed by atoms with Crippen molar-refractivity contribution in [2.75, 3.05) is 19.6 Å². The zero-order valence-electron chi connectivity index (χ0n) is 9.89. The number of carbonyl (C=O) groups is 1. The van der Waals surface area contributed by atoms with Crippen molar-refractivity contribution in [1.82, 2.24) is 10.6 Å². The Labute approximate surface area is 105 Å². The maximum atomic E-state index is 11.6. The highest BCUT2D eigenvalue weighted by Crippen LogP contribution is 2.12. The molecule has 1 fully saturated rings. The lowest BCUT2D eigenvalue weighted by atomic mass is 10.0. The van der Waals surface area contributed by atoms with Gasteiger partial charge < -0.3 is 10.6 Å². The second-order valence-electron chi connectivity index (χ2n) is 4.43.